The molecule has 1 atom stereocenters. The first-order valence-corrected chi connectivity index (χ1v) is 5.98. The van der Waals surface area contributed by atoms with Crippen molar-refractivity contribution in [2.45, 2.75) is 19.6 Å². The summed E-state index contributed by atoms with van der Waals surface area (Å²) in [6.45, 7) is 1.98. The van der Waals surface area contributed by atoms with E-state index in [2.05, 4.69) is 0 Å². The van der Waals surface area contributed by atoms with Crippen LogP contribution in [0.4, 0.5) is 8.78 Å². The quantitative estimate of drug-likeness (QED) is 0.915. The maximum absolute atomic E-state index is 13.7. The lowest BCUT2D eigenvalue weighted by Crippen LogP contribution is -2.07. The van der Waals surface area contributed by atoms with Crippen molar-refractivity contribution >= 4 is 0 Å². The summed E-state index contributed by atoms with van der Waals surface area (Å²) in [5.74, 6) is -0.256. The summed E-state index contributed by atoms with van der Waals surface area (Å²) in [6, 6.07) is 10.2. The van der Waals surface area contributed by atoms with Crippen molar-refractivity contribution in [1.82, 2.24) is 0 Å². The SMILES string of the molecule is CC(N)c1ccc(OCc2ccc(F)cc2)cc1F. The van der Waals surface area contributed by atoms with E-state index in [-0.39, 0.29) is 24.3 Å². The third kappa shape index (κ3) is 3.51. The largest absolute Gasteiger partial charge is 0.489 e. The van der Waals surface area contributed by atoms with Crippen LogP contribution in [0.2, 0.25) is 0 Å². The molecule has 19 heavy (non-hydrogen) atoms. The van der Waals surface area contributed by atoms with E-state index in [0.717, 1.165) is 5.56 Å². The van der Waals surface area contributed by atoms with E-state index < -0.39 is 0 Å². The van der Waals surface area contributed by atoms with Crippen LogP contribution in [-0.4, -0.2) is 0 Å². The van der Waals surface area contributed by atoms with Crippen molar-refractivity contribution in [3.8, 4) is 5.75 Å². The molecule has 0 heterocycles. The van der Waals surface area contributed by atoms with Crippen LogP contribution < -0.4 is 10.5 Å². The van der Waals surface area contributed by atoms with Gasteiger partial charge in [0.1, 0.15) is 24.0 Å². The van der Waals surface area contributed by atoms with Crippen LogP contribution in [0.15, 0.2) is 42.5 Å². The third-order valence-corrected chi connectivity index (χ3v) is 2.78. The molecule has 2 nitrogen and oxygen atoms in total. The number of nitrogens with two attached hydrogens (primary N) is 1. The molecule has 0 saturated heterocycles. The Hall–Kier alpha value is -1.94. The molecular formula is C15H15F2NO. The summed E-state index contributed by atoms with van der Waals surface area (Å²) >= 11 is 0. The number of hydrogen-bond acceptors (Lipinski definition) is 2. The van der Waals surface area contributed by atoms with Gasteiger partial charge >= 0.3 is 0 Å². The number of benzene rings is 2. The number of ether oxygens (including phenoxy) is 1. The minimum Gasteiger partial charge on any atom is -0.489 e. The summed E-state index contributed by atoms with van der Waals surface area (Å²) < 4.78 is 31.8. The van der Waals surface area contributed by atoms with E-state index in [1.54, 1.807) is 31.2 Å². The minimum atomic E-state index is -0.383. The van der Waals surface area contributed by atoms with Crippen molar-refractivity contribution in [1.29, 1.82) is 0 Å². The first-order chi connectivity index (χ1) is 9.06. The Morgan fingerprint density at radius 3 is 2.37 bits per heavy atom. The highest BCUT2D eigenvalue weighted by atomic mass is 19.1. The van der Waals surface area contributed by atoms with Crippen LogP contribution in [0.25, 0.3) is 0 Å². The summed E-state index contributed by atoms with van der Waals surface area (Å²) in [6.07, 6.45) is 0. The fourth-order valence-corrected chi connectivity index (χ4v) is 1.71. The fourth-order valence-electron chi connectivity index (χ4n) is 1.71. The Kier molecular flexibility index (Phi) is 4.12. The molecule has 0 bridgehead atoms. The lowest BCUT2D eigenvalue weighted by Gasteiger charge is -2.10. The monoisotopic (exact) mass is 263 g/mol. The highest BCUT2D eigenvalue weighted by molar-refractivity contribution is 5.30. The maximum Gasteiger partial charge on any atom is 0.131 e. The number of halogens is 2. The Morgan fingerprint density at radius 2 is 1.79 bits per heavy atom. The molecule has 0 amide bonds. The van der Waals surface area contributed by atoms with E-state index >= 15 is 0 Å². The number of hydrogen-bond donors (Lipinski definition) is 1. The smallest absolute Gasteiger partial charge is 0.131 e. The normalized spacial score (nSPS) is 12.2. The molecule has 0 radical (unpaired) electrons. The van der Waals surface area contributed by atoms with Gasteiger partial charge in [-0.05, 0) is 30.7 Å². The van der Waals surface area contributed by atoms with Gasteiger partial charge in [-0.2, -0.15) is 0 Å². The molecular weight excluding hydrogens is 248 g/mol. The molecule has 0 aliphatic carbocycles. The second-order valence-corrected chi connectivity index (χ2v) is 4.39. The molecule has 2 aromatic carbocycles. The lowest BCUT2D eigenvalue weighted by molar-refractivity contribution is 0.304. The van der Waals surface area contributed by atoms with Crippen LogP contribution in [0.5, 0.6) is 5.75 Å². The van der Waals surface area contributed by atoms with Crippen LogP contribution >= 0.6 is 0 Å². The van der Waals surface area contributed by atoms with Crippen molar-refractivity contribution in [2.24, 2.45) is 5.73 Å². The predicted octanol–water partition coefficient (Wildman–Crippen LogP) is 3.56. The molecule has 1 unspecified atom stereocenters. The Labute approximate surface area is 110 Å². The molecule has 0 aromatic heterocycles. The molecule has 0 aliphatic heterocycles. The fraction of sp³-hybridized carbons (Fsp3) is 0.200. The second kappa shape index (κ2) is 5.80. The Bertz CT molecular complexity index is 553. The summed E-state index contributed by atoms with van der Waals surface area (Å²) in [4.78, 5) is 0. The Morgan fingerprint density at radius 1 is 1.11 bits per heavy atom. The maximum atomic E-state index is 13.7. The zero-order valence-electron chi connectivity index (χ0n) is 10.6. The van der Waals surface area contributed by atoms with Gasteiger partial charge in [0.15, 0.2) is 0 Å². The van der Waals surface area contributed by atoms with Gasteiger partial charge in [0.25, 0.3) is 0 Å². The highest BCUT2D eigenvalue weighted by Gasteiger charge is 2.08. The molecule has 2 rings (SSSR count). The lowest BCUT2D eigenvalue weighted by atomic mass is 10.1. The van der Waals surface area contributed by atoms with E-state index in [0.29, 0.717) is 11.3 Å². The average Bonchev–Trinajstić information content (AvgIpc) is 2.37. The number of rotatable bonds is 4. The van der Waals surface area contributed by atoms with E-state index in [1.807, 2.05) is 0 Å². The van der Waals surface area contributed by atoms with E-state index in [9.17, 15) is 8.78 Å². The van der Waals surface area contributed by atoms with E-state index in [1.165, 1.54) is 18.2 Å². The molecule has 2 N–H and O–H groups in total. The van der Waals surface area contributed by atoms with Gasteiger partial charge in [-0.25, -0.2) is 8.78 Å². The third-order valence-electron chi connectivity index (χ3n) is 2.78. The van der Waals surface area contributed by atoms with Crippen molar-refractivity contribution in [3.63, 3.8) is 0 Å². The molecule has 0 aliphatic rings. The van der Waals surface area contributed by atoms with Crippen molar-refractivity contribution in [2.75, 3.05) is 0 Å². The van der Waals surface area contributed by atoms with Gasteiger partial charge in [0, 0.05) is 17.7 Å². The van der Waals surface area contributed by atoms with E-state index in [4.69, 9.17) is 10.5 Å². The van der Waals surface area contributed by atoms with Gasteiger partial charge in [0.2, 0.25) is 0 Å². The molecule has 2 aromatic rings. The Balaban J connectivity index is 2.04. The molecule has 0 fully saturated rings. The van der Waals surface area contributed by atoms with Crippen molar-refractivity contribution in [3.05, 3.63) is 65.2 Å². The van der Waals surface area contributed by atoms with Gasteiger partial charge < -0.3 is 10.5 Å². The van der Waals surface area contributed by atoms with Crippen LogP contribution in [0, 0.1) is 11.6 Å². The zero-order chi connectivity index (χ0) is 13.8. The highest BCUT2D eigenvalue weighted by Crippen LogP contribution is 2.21. The van der Waals surface area contributed by atoms with Gasteiger partial charge in [-0.1, -0.05) is 18.2 Å². The summed E-state index contributed by atoms with van der Waals surface area (Å²) in [7, 11) is 0. The first kappa shape index (κ1) is 13.5. The van der Waals surface area contributed by atoms with Crippen LogP contribution in [0.1, 0.15) is 24.1 Å². The van der Waals surface area contributed by atoms with Gasteiger partial charge in [0.05, 0.1) is 0 Å². The predicted molar refractivity (Wildman–Crippen MR) is 69.7 cm³/mol. The molecule has 100 valence electrons. The first-order valence-electron chi connectivity index (χ1n) is 5.98. The van der Waals surface area contributed by atoms with Crippen molar-refractivity contribution < 1.29 is 13.5 Å². The zero-order valence-corrected chi connectivity index (χ0v) is 10.6. The summed E-state index contributed by atoms with van der Waals surface area (Å²) in [5.41, 5.74) is 6.90. The molecule has 0 saturated carbocycles. The van der Waals surface area contributed by atoms with Gasteiger partial charge in [-0.3, -0.25) is 0 Å². The summed E-state index contributed by atoms with van der Waals surface area (Å²) in [5, 5.41) is 0. The van der Waals surface area contributed by atoms with Crippen LogP contribution in [0.3, 0.4) is 0 Å². The van der Waals surface area contributed by atoms with Crippen LogP contribution in [-0.2, 0) is 6.61 Å². The molecule has 4 heteroatoms. The standard InChI is InChI=1S/C15H15F2NO/c1-10(18)14-7-6-13(8-15(14)17)19-9-11-2-4-12(16)5-3-11/h2-8,10H,9,18H2,1H3. The van der Waals surface area contributed by atoms with Gasteiger partial charge in [-0.15, -0.1) is 0 Å². The average molecular weight is 263 g/mol. The topological polar surface area (TPSA) is 35.2 Å². The minimum absolute atomic E-state index is 0.261. The second-order valence-electron chi connectivity index (χ2n) is 4.39. The molecule has 0 spiro atoms.